The number of carboxylic acid groups (broad SMARTS) is 1. The molecule has 148 valence electrons. The molecule has 2 heterocycles. The van der Waals surface area contributed by atoms with Gasteiger partial charge in [-0.1, -0.05) is 30.3 Å². The molecule has 4 rings (SSSR count). The summed E-state index contributed by atoms with van der Waals surface area (Å²) in [6.07, 6.45) is 3.35. The summed E-state index contributed by atoms with van der Waals surface area (Å²) < 4.78 is 2.14. The van der Waals surface area contributed by atoms with Crippen LogP contribution in [-0.2, 0) is 6.54 Å². The Balaban J connectivity index is 1.66. The summed E-state index contributed by atoms with van der Waals surface area (Å²) in [7, 11) is 0. The van der Waals surface area contributed by atoms with Crippen molar-refractivity contribution in [3.05, 3.63) is 99.0 Å². The topological polar surface area (TPSA) is 98.0 Å². The largest absolute Gasteiger partial charge is 0.478 e. The fraction of sp³-hybridized carbons (Fsp3) is 0.0455. The van der Waals surface area contributed by atoms with Crippen molar-refractivity contribution in [3.63, 3.8) is 0 Å². The second kappa shape index (κ2) is 8.38. The summed E-state index contributed by atoms with van der Waals surface area (Å²) in [5.74, 6) is -0.434. The molecule has 0 radical (unpaired) electrons. The lowest BCUT2D eigenvalue weighted by Crippen LogP contribution is -2.22. The van der Waals surface area contributed by atoms with Crippen LogP contribution in [-0.4, -0.2) is 30.8 Å². The van der Waals surface area contributed by atoms with Gasteiger partial charge in [-0.05, 0) is 45.8 Å². The molecule has 0 amide bonds. The molecule has 8 heteroatoms. The van der Waals surface area contributed by atoms with E-state index in [-0.39, 0.29) is 17.7 Å². The van der Waals surface area contributed by atoms with Crippen LogP contribution in [0.3, 0.4) is 0 Å². The van der Waals surface area contributed by atoms with Gasteiger partial charge in [0, 0.05) is 29.6 Å². The number of carbonyl (C=O) groups is 1. The number of benzene rings is 2. The second-order valence-corrected chi connectivity index (χ2v) is 7.44. The van der Waals surface area contributed by atoms with Gasteiger partial charge in [-0.3, -0.25) is 4.79 Å². The quantitative estimate of drug-likeness (QED) is 0.483. The molecule has 0 aliphatic heterocycles. The van der Waals surface area contributed by atoms with Crippen molar-refractivity contribution in [1.29, 1.82) is 0 Å². The van der Waals surface area contributed by atoms with E-state index >= 15 is 0 Å². The van der Waals surface area contributed by atoms with E-state index in [0.717, 1.165) is 15.6 Å². The number of aromatic carboxylic acids is 1. The third-order valence-corrected chi connectivity index (χ3v) is 4.82. The lowest BCUT2D eigenvalue weighted by Gasteiger charge is -2.09. The Kier molecular flexibility index (Phi) is 5.49. The van der Waals surface area contributed by atoms with E-state index in [0.29, 0.717) is 17.1 Å². The van der Waals surface area contributed by atoms with E-state index in [1.165, 1.54) is 22.9 Å². The number of aromatic nitrogens is 4. The van der Waals surface area contributed by atoms with Crippen LogP contribution < -0.4 is 5.56 Å². The number of halogens is 1. The predicted molar refractivity (Wildman–Crippen MR) is 115 cm³/mol. The number of carboxylic acids is 1. The third kappa shape index (κ3) is 4.33. The molecule has 2 aromatic carbocycles. The van der Waals surface area contributed by atoms with E-state index in [1.54, 1.807) is 30.6 Å². The van der Waals surface area contributed by atoms with E-state index in [9.17, 15) is 14.7 Å². The highest BCUT2D eigenvalue weighted by atomic mass is 79.9. The lowest BCUT2D eigenvalue weighted by molar-refractivity contribution is 0.0697. The first-order chi connectivity index (χ1) is 14.5. The van der Waals surface area contributed by atoms with Crippen molar-refractivity contribution in [1.82, 2.24) is 19.7 Å². The van der Waals surface area contributed by atoms with Crippen LogP contribution in [0.1, 0.15) is 15.9 Å². The summed E-state index contributed by atoms with van der Waals surface area (Å²) in [5, 5.41) is 13.6. The van der Waals surface area contributed by atoms with E-state index in [4.69, 9.17) is 0 Å². The van der Waals surface area contributed by atoms with Gasteiger partial charge in [-0.15, -0.1) is 0 Å². The fourth-order valence-electron chi connectivity index (χ4n) is 2.97. The highest BCUT2D eigenvalue weighted by molar-refractivity contribution is 9.10. The Bertz CT molecular complexity index is 1290. The van der Waals surface area contributed by atoms with Crippen molar-refractivity contribution >= 4 is 21.9 Å². The summed E-state index contributed by atoms with van der Waals surface area (Å²) in [5.41, 5.74) is 2.75. The highest BCUT2D eigenvalue weighted by Gasteiger charge is 2.09. The number of nitrogens with zero attached hydrogens (tertiary/aromatic N) is 4. The van der Waals surface area contributed by atoms with Gasteiger partial charge in [0.25, 0.3) is 5.56 Å². The van der Waals surface area contributed by atoms with Crippen molar-refractivity contribution in [2.75, 3.05) is 0 Å². The molecule has 4 aromatic rings. The van der Waals surface area contributed by atoms with Gasteiger partial charge < -0.3 is 5.11 Å². The minimum atomic E-state index is -1.02. The molecule has 0 fully saturated rings. The fourth-order valence-corrected chi connectivity index (χ4v) is 3.18. The maximum Gasteiger partial charge on any atom is 0.335 e. The molecule has 1 N–H and O–H groups in total. The predicted octanol–water partition coefficient (Wildman–Crippen LogP) is 3.88. The van der Waals surface area contributed by atoms with E-state index < -0.39 is 5.97 Å². The monoisotopic (exact) mass is 462 g/mol. The zero-order valence-electron chi connectivity index (χ0n) is 15.6. The molecule has 7 nitrogen and oxygen atoms in total. The van der Waals surface area contributed by atoms with Crippen LogP contribution in [0, 0.1) is 0 Å². The van der Waals surface area contributed by atoms with Crippen LogP contribution in [0.4, 0.5) is 0 Å². The smallest absolute Gasteiger partial charge is 0.335 e. The van der Waals surface area contributed by atoms with Gasteiger partial charge in [0.05, 0.1) is 22.3 Å². The molecule has 2 aromatic heterocycles. The zero-order chi connectivity index (χ0) is 21.1. The first-order valence-corrected chi connectivity index (χ1v) is 9.78. The second-order valence-electron chi connectivity index (χ2n) is 6.53. The standard InChI is InChI=1S/C22H15BrN4O3/c23-18-11-24-21(25-12-18)16-5-1-3-14(9-16)13-27-20(28)8-7-19(26-27)15-4-2-6-17(10-15)22(29)30/h1-12H,13H2,(H,29,30). The van der Waals surface area contributed by atoms with Gasteiger partial charge >= 0.3 is 5.97 Å². The van der Waals surface area contributed by atoms with Crippen LogP contribution in [0.5, 0.6) is 0 Å². The first kappa shape index (κ1) is 19.7. The summed E-state index contributed by atoms with van der Waals surface area (Å²) in [6.45, 7) is 0.260. The van der Waals surface area contributed by atoms with Gasteiger partial charge in [-0.2, -0.15) is 5.10 Å². The zero-order valence-corrected chi connectivity index (χ0v) is 17.2. The number of hydrogen-bond donors (Lipinski definition) is 1. The molecule has 0 spiro atoms. The van der Waals surface area contributed by atoms with Gasteiger partial charge in [0.1, 0.15) is 0 Å². The van der Waals surface area contributed by atoms with Crippen molar-refractivity contribution in [2.45, 2.75) is 6.54 Å². The maximum absolute atomic E-state index is 12.4. The molecular formula is C22H15BrN4O3. The Morgan fingerprint density at radius 3 is 2.47 bits per heavy atom. The Morgan fingerprint density at radius 1 is 0.967 bits per heavy atom. The van der Waals surface area contributed by atoms with E-state index in [2.05, 4.69) is 31.0 Å². The Labute approximate surface area is 179 Å². The van der Waals surface area contributed by atoms with Crippen LogP contribution >= 0.6 is 15.9 Å². The van der Waals surface area contributed by atoms with Crippen molar-refractivity contribution in [3.8, 4) is 22.6 Å². The van der Waals surface area contributed by atoms with Gasteiger partial charge in [0.2, 0.25) is 0 Å². The Morgan fingerprint density at radius 2 is 1.70 bits per heavy atom. The van der Waals surface area contributed by atoms with Crippen LogP contribution in [0.2, 0.25) is 0 Å². The number of hydrogen-bond acceptors (Lipinski definition) is 5. The number of rotatable bonds is 5. The normalized spacial score (nSPS) is 10.7. The molecule has 0 bridgehead atoms. The molecule has 0 atom stereocenters. The molecule has 0 saturated heterocycles. The minimum absolute atomic E-state index is 0.161. The molecule has 0 aliphatic carbocycles. The first-order valence-electron chi connectivity index (χ1n) is 8.98. The molecule has 30 heavy (non-hydrogen) atoms. The summed E-state index contributed by atoms with van der Waals surface area (Å²) in [6, 6.07) is 17.1. The molecule has 0 aliphatic rings. The molecular weight excluding hydrogens is 448 g/mol. The average Bonchev–Trinajstić information content (AvgIpc) is 2.76. The lowest BCUT2D eigenvalue weighted by atomic mass is 10.1. The minimum Gasteiger partial charge on any atom is -0.478 e. The third-order valence-electron chi connectivity index (χ3n) is 4.41. The Hall–Kier alpha value is -3.65. The molecule has 0 saturated carbocycles. The molecule has 0 unspecified atom stereocenters. The van der Waals surface area contributed by atoms with Crippen molar-refractivity contribution < 1.29 is 9.90 Å². The van der Waals surface area contributed by atoms with Gasteiger partial charge in [0.15, 0.2) is 5.82 Å². The van der Waals surface area contributed by atoms with Crippen LogP contribution in [0.15, 0.2) is 82.3 Å². The summed E-state index contributed by atoms with van der Waals surface area (Å²) in [4.78, 5) is 32.2. The van der Waals surface area contributed by atoms with E-state index in [1.807, 2.05) is 24.3 Å². The maximum atomic E-state index is 12.4. The highest BCUT2D eigenvalue weighted by Crippen LogP contribution is 2.19. The SMILES string of the molecule is O=C(O)c1cccc(-c2ccc(=O)n(Cc3cccc(-c4ncc(Br)cn4)c3)n2)c1. The average molecular weight is 463 g/mol. The van der Waals surface area contributed by atoms with Crippen molar-refractivity contribution in [2.24, 2.45) is 0 Å². The van der Waals surface area contributed by atoms with Crippen LogP contribution in [0.25, 0.3) is 22.6 Å². The van der Waals surface area contributed by atoms with Gasteiger partial charge in [-0.25, -0.2) is 19.4 Å². The summed E-state index contributed by atoms with van der Waals surface area (Å²) >= 11 is 3.32.